The Hall–Kier alpha value is -1.02. The van der Waals surface area contributed by atoms with E-state index < -0.39 is 0 Å². The van der Waals surface area contributed by atoms with E-state index in [-0.39, 0.29) is 35.4 Å². The summed E-state index contributed by atoms with van der Waals surface area (Å²) in [6.45, 7) is 6.19. The van der Waals surface area contributed by atoms with E-state index in [2.05, 4.69) is 41.6 Å². The molecule has 0 aromatic heterocycles. The first-order chi connectivity index (χ1) is 11.6. The summed E-state index contributed by atoms with van der Waals surface area (Å²) in [7, 11) is 1.84. The van der Waals surface area contributed by atoms with Gasteiger partial charge in [-0.3, -0.25) is 4.99 Å². The van der Waals surface area contributed by atoms with E-state index in [1.54, 1.807) is 0 Å². The van der Waals surface area contributed by atoms with Crippen molar-refractivity contribution < 1.29 is 9.47 Å². The molecule has 25 heavy (non-hydrogen) atoms. The van der Waals surface area contributed by atoms with Gasteiger partial charge in [-0.1, -0.05) is 32.0 Å². The third kappa shape index (κ3) is 3.23. The molecule has 6 heteroatoms. The number of nitrogens with zero attached hydrogens (tertiary/aromatic N) is 1. The smallest absolute Gasteiger partial charge is 0.191 e. The molecule has 5 nitrogen and oxygen atoms in total. The molecule has 0 spiro atoms. The zero-order valence-electron chi connectivity index (χ0n) is 15.1. The van der Waals surface area contributed by atoms with Crippen molar-refractivity contribution in [1.82, 2.24) is 10.6 Å². The molecule has 0 bridgehead atoms. The lowest BCUT2D eigenvalue weighted by molar-refractivity contribution is -0.106. The van der Waals surface area contributed by atoms with Crippen molar-refractivity contribution in [1.29, 1.82) is 0 Å². The molecule has 1 aromatic rings. The van der Waals surface area contributed by atoms with Crippen LogP contribution >= 0.6 is 24.0 Å². The number of aliphatic imine (C=N–C) groups is 1. The van der Waals surface area contributed by atoms with Crippen LogP contribution in [0, 0.1) is 11.3 Å². The average Bonchev–Trinajstić information content (AvgIpc) is 3.05. The van der Waals surface area contributed by atoms with E-state index in [1.165, 1.54) is 5.56 Å². The van der Waals surface area contributed by atoms with E-state index in [1.807, 2.05) is 19.2 Å². The molecule has 4 rings (SSSR count). The highest BCUT2D eigenvalue weighted by molar-refractivity contribution is 14.0. The second-order valence-electron chi connectivity index (χ2n) is 7.63. The Morgan fingerprint density at radius 1 is 1.16 bits per heavy atom. The molecule has 2 aliphatic heterocycles. The maximum Gasteiger partial charge on any atom is 0.191 e. The van der Waals surface area contributed by atoms with Crippen LogP contribution in [0.4, 0.5) is 0 Å². The number of para-hydroxylation sites is 1. The molecule has 2 fully saturated rings. The second-order valence-corrected chi connectivity index (χ2v) is 7.63. The Morgan fingerprint density at radius 2 is 1.96 bits per heavy atom. The van der Waals surface area contributed by atoms with E-state index in [4.69, 9.17) is 9.47 Å². The van der Waals surface area contributed by atoms with Crippen molar-refractivity contribution in [2.24, 2.45) is 16.3 Å². The van der Waals surface area contributed by atoms with Crippen molar-refractivity contribution >= 4 is 29.9 Å². The molecular formula is C19H28IN3O2. The highest BCUT2D eigenvalue weighted by Gasteiger charge is 2.59. The van der Waals surface area contributed by atoms with Gasteiger partial charge in [0.05, 0.1) is 18.8 Å². The van der Waals surface area contributed by atoms with Crippen LogP contribution in [0.25, 0.3) is 0 Å². The normalized spacial score (nSPS) is 32.4. The monoisotopic (exact) mass is 457 g/mol. The predicted octanol–water partition coefficient (Wildman–Crippen LogP) is 3.11. The van der Waals surface area contributed by atoms with Crippen molar-refractivity contribution in [2.45, 2.75) is 44.9 Å². The summed E-state index contributed by atoms with van der Waals surface area (Å²) >= 11 is 0. The Morgan fingerprint density at radius 3 is 2.76 bits per heavy atom. The van der Waals surface area contributed by atoms with Crippen molar-refractivity contribution in [3.05, 3.63) is 29.8 Å². The Bertz CT molecular complexity index is 649. The van der Waals surface area contributed by atoms with Gasteiger partial charge < -0.3 is 20.1 Å². The topological polar surface area (TPSA) is 54.9 Å². The van der Waals surface area contributed by atoms with Crippen LogP contribution in [0.15, 0.2) is 29.3 Å². The minimum absolute atomic E-state index is 0. The summed E-state index contributed by atoms with van der Waals surface area (Å²) in [6.07, 6.45) is 2.47. The fraction of sp³-hybridized carbons (Fsp3) is 0.632. The standard InChI is InChI=1S/C19H27N3O2.HI/c1-19(2)16(13-8-10-24-17(13)19)22-18(20-3)21-14-9-11-23-15-7-5-4-6-12(14)15;/h4-7,13-14,16-17H,8-11H2,1-3H3,(H2,20,21,22);1H. The zero-order chi connectivity index (χ0) is 16.7. The lowest BCUT2D eigenvalue weighted by Gasteiger charge is -2.55. The highest BCUT2D eigenvalue weighted by atomic mass is 127. The van der Waals surface area contributed by atoms with E-state index >= 15 is 0 Å². The number of ether oxygens (including phenoxy) is 2. The van der Waals surface area contributed by atoms with Gasteiger partial charge in [0.2, 0.25) is 0 Å². The lowest BCUT2D eigenvalue weighted by Crippen LogP contribution is -2.68. The van der Waals surface area contributed by atoms with Crippen LogP contribution in [0.2, 0.25) is 0 Å². The first-order valence-corrected chi connectivity index (χ1v) is 8.94. The summed E-state index contributed by atoms with van der Waals surface area (Å²) < 4.78 is 11.6. The van der Waals surface area contributed by atoms with Gasteiger partial charge in [0, 0.05) is 43.0 Å². The Kier molecular flexibility index (Phi) is 5.48. The minimum atomic E-state index is 0. The van der Waals surface area contributed by atoms with Gasteiger partial charge in [-0.25, -0.2) is 0 Å². The molecule has 1 aromatic carbocycles. The van der Waals surface area contributed by atoms with Crippen LogP contribution in [-0.4, -0.2) is 38.4 Å². The average molecular weight is 457 g/mol. The third-order valence-electron chi connectivity index (χ3n) is 5.89. The maximum absolute atomic E-state index is 5.89. The minimum Gasteiger partial charge on any atom is -0.493 e. The fourth-order valence-corrected chi connectivity index (χ4v) is 4.59. The summed E-state index contributed by atoms with van der Waals surface area (Å²) in [6, 6.07) is 8.90. The first-order valence-electron chi connectivity index (χ1n) is 8.94. The number of hydrogen-bond donors (Lipinski definition) is 2. The summed E-state index contributed by atoms with van der Waals surface area (Å²) in [5.41, 5.74) is 1.36. The van der Waals surface area contributed by atoms with Crippen molar-refractivity contribution in [3.63, 3.8) is 0 Å². The van der Waals surface area contributed by atoms with Gasteiger partial charge >= 0.3 is 0 Å². The molecule has 1 saturated heterocycles. The molecule has 0 amide bonds. The molecule has 4 atom stereocenters. The molecule has 138 valence electrons. The zero-order valence-corrected chi connectivity index (χ0v) is 17.4. The quantitative estimate of drug-likeness (QED) is 0.407. The van der Waals surface area contributed by atoms with Gasteiger partial charge in [-0.2, -0.15) is 0 Å². The molecular weight excluding hydrogens is 429 g/mol. The number of fused-ring (bicyclic) bond motifs is 2. The molecule has 0 radical (unpaired) electrons. The summed E-state index contributed by atoms with van der Waals surface area (Å²) in [5.74, 6) is 2.45. The number of hydrogen-bond acceptors (Lipinski definition) is 3. The van der Waals surface area contributed by atoms with Crippen molar-refractivity contribution in [2.75, 3.05) is 20.3 Å². The molecule has 3 aliphatic rings. The molecule has 1 aliphatic carbocycles. The van der Waals surface area contributed by atoms with Gasteiger partial charge in [0.1, 0.15) is 5.75 Å². The molecule has 1 saturated carbocycles. The number of halogens is 1. The summed E-state index contributed by atoms with van der Waals surface area (Å²) in [4.78, 5) is 4.47. The Labute approximate surface area is 167 Å². The first kappa shape index (κ1) is 18.8. The second kappa shape index (κ2) is 7.31. The van der Waals surface area contributed by atoms with Crippen LogP contribution in [-0.2, 0) is 4.74 Å². The van der Waals surface area contributed by atoms with E-state index in [0.717, 1.165) is 37.8 Å². The van der Waals surface area contributed by atoms with Crippen LogP contribution in [0.1, 0.15) is 38.3 Å². The van der Waals surface area contributed by atoms with E-state index in [0.29, 0.717) is 18.1 Å². The molecule has 2 N–H and O–H groups in total. The predicted molar refractivity (Wildman–Crippen MR) is 110 cm³/mol. The number of nitrogens with one attached hydrogen (secondary N) is 2. The van der Waals surface area contributed by atoms with Crippen LogP contribution in [0.3, 0.4) is 0 Å². The number of benzene rings is 1. The maximum atomic E-state index is 5.89. The van der Waals surface area contributed by atoms with Crippen molar-refractivity contribution in [3.8, 4) is 5.75 Å². The Balaban J connectivity index is 0.00000182. The van der Waals surface area contributed by atoms with Gasteiger partial charge in [0.25, 0.3) is 0 Å². The number of guanidine groups is 1. The van der Waals surface area contributed by atoms with Gasteiger partial charge in [-0.15, -0.1) is 24.0 Å². The highest BCUT2D eigenvalue weighted by Crippen LogP contribution is 2.52. The third-order valence-corrected chi connectivity index (χ3v) is 5.89. The summed E-state index contributed by atoms with van der Waals surface area (Å²) in [5, 5.41) is 7.26. The number of rotatable bonds is 2. The van der Waals surface area contributed by atoms with Gasteiger partial charge in [0.15, 0.2) is 5.96 Å². The van der Waals surface area contributed by atoms with Gasteiger partial charge in [-0.05, 0) is 12.5 Å². The van der Waals surface area contributed by atoms with Crippen LogP contribution in [0.5, 0.6) is 5.75 Å². The SMILES string of the molecule is CN=C(NC1CCOc2ccccc21)NC1C2CCOC2C1(C)C.I. The van der Waals surface area contributed by atoms with E-state index in [9.17, 15) is 0 Å². The molecule has 4 unspecified atom stereocenters. The largest absolute Gasteiger partial charge is 0.493 e. The molecule has 2 heterocycles. The van der Waals surface area contributed by atoms with Crippen LogP contribution < -0.4 is 15.4 Å². The fourth-order valence-electron chi connectivity index (χ4n) is 4.59. The lowest BCUT2D eigenvalue weighted by atomic mass is 9.57.